The topological polar surface area (TPSA) is 9.23 Å². The second-order valence-corrected chi connectivity index (χ2v) is 4.46. The summed E-state index contributed by atoms with van der Waals surface area (Å²) in [7, 11) is 0. The molecule has 0 aromatic carbocycles. The van der Waals surface area contributed by atoms with E-state index in [0.29, 0.717) is 12.2 Å². The van der Waals surface area contributed by atoms with E-state index in [1.54, 1.807) is 0 Å². The summed E-state index contributed by atoms with van der Waals surface area (Å²) in [5.41, 5.74) is 0. The van der Waals surface area contributed by atoms with Crippen molar-refractivity contribution < 1.29 is 4.74 Å². The minimum absolute atomic E-state index is 0.375. The summed E-state index contributed by atoms with van der Waals surface area (Å²) >= 11 is 14.4. The molecule has 0 bridgehead atoms. The largest absolute Gasteiger partial charge is 0.376 e. The average Bonchev–Trinajstić information content (AvgIpc) is 1.56. The molecule has 0 N–H and O–H groups in total. The van der Waals surface area contributed by atoms with Crippen molar-refractivity contribution in [3.05, 3.63) is 0 Å². The Morgan fingerprint density at radius 1 is 0.818 bits per heavy atom. The molecule has 0 unspecified atom stereocenters. The van der Waals surface area contributed by atoms with Gasteiger partial charge in [0.2, 0.25) is 0 Å². The van der Waals surface area contributed by atoms with E-state index in [0.717, 1.165) is 0 Å². The van der Waals surface area contributed by atoms with Crippen LogP contribution < -0.4 is 0 Å². The summed E-state index contributed by atoms with van der Waals surface area (Å²) < 4.78 is 4.50. The lowest BCUT2D eigenvalue weighted by Crippen LogP contribution is -2.09. The van der Waals surface area contributed by atoms with Crippen molar-refractivity contribution in [3.8, 4) is 0 Å². The number of hydrogen-bond acceptors (Lipinski definition) is 1. The van der Waals surface area contributed by atoms with Crippen LogP contribution in [0.4, 0.5) is 0 Å². The summed E-state index contributed by atoms with van der Waals surface area (Å²) in [6.07, 6.45) is 0.750. The molecule has 70 valence electrons. The van der Waals surface area contributed by atoms with Crippen molar-refractivity contribution in [1.29, 1.82) is 0 Å². The highest BCUT2D eigenvalue weighted by Crippen LogP contribution is 2.03. The summed E-state index contributed by atoms with van der Waals surface area (Å²) in [4.78, 5) is 0. The molecule has 0 saturated heterocycles. The van der Waals surface area contributed by atoms with Crippen LogP contribution in [0.1, 0.15) is 27.7 Å². The SMILES string of the molecule is CC(C)OC(C)C.ClC(Cl)Cl. The standard InChI is InChI=1S/C6H14O.CHCl3/c1-5(2)7-6(3)4;2-1(3)4/h5-6H,1-4H3;1H. The Bertz CT molecular complexity index is 65.3. The van der Waals surface area contributed by atoms with E-state index in [2.05, 4.69) is 0 Å². The fraction of sp³-hybridized carbons (Fsp3) is 1.00. The Balaban J connectivity index is 0. The van der Waals surface area contributed by atoms with Gasteiger partial charge in [-0.2, -0.15) is 0 Å². The van der Waals surface area contributed by atoms with Gasteiger partial charge in [-0.3, -0.25) is 0 Å². The van der Waals surface area contributed by atoms with Crippen molar-refractivity contribution in [1.82, 2.24) is 0 Å². The van der Waals surface area contributed by atoms with Gasteiger partial charge in [-0.05, 0) is 27.7 Å². The Morgan fingerprint density at radius 3 is 1.00 bits per heavy atom. The number of alkyl halides is 3. The van der Waals surface area contributed by atoms with Gasteiger partial charge in [-0.15, -0.1) is 0 Å². The van der Waals surface area contributed by atoms with Gasteiger partial charge < -0.3 is 4.74 Å². The van der Waals surface area contributed by atoms with Crippen LogP contribution in [-0.2, 0) is 4.74 Å². The molecule has 0 aliphatic carbocycles. The molecule has 4 heteroatoms. The molecule has 0 heterocycles. The van der Waals surface area contributed by atoms with Crippen molar-refractivity contribution in [2.45, 2.75) is 44.2 Å². The first kappa shape index (κ1) is 14.4. The van der Waals surface area contributed by atoms with Gasteiger partial charge in [0.1, 0.15) is 0 Å². The van der Waals surface area contributed by atoms with Gasteiger partial charge in [-0.1, -0.05) is 34.8 Å². The zero-order valence-corrected chi connectivity index (χ0v) is 9.54. The Hall–Kier alpha value is 0.830. The molecule has 0 aromatic heterocycles. The molecule has 0 aliphatic heterocycles. The molecule has 1 nitrogen and oxygen atoms in total. The smallest absolute Gasteiger partial charge is 0.180 e. The van der Waals surface area contributed by atoms with E-state index in [4.69, 9.17) is 39.5 Å². The molecule has 11 heavy (non-hydrogen) atoms. The first-order valence-electron chi connectivity index (χ1n) is 3.44. The minimum atomic E-state index is -0.750. The predicted molar refractivity (Wildman–Crippen MR) is 52.7 cm³/mol. The van der Waals surface area contributed by atoms with Crippen LogP contribution in [0.5, 0.6) is 0 Å². The fourth-order valence-electron chi connectivity index (χ4n) is 0.544. The maximum Gasteiger partial charge on any atom is 0.180 e. The van der Waals surface area contributed by atoms with Gasteiger partial charge in [0.25, 0.3) is 0 Å². The lowest BCUT2D eigenvalue weighted by atomic mass is 10.4. The monoisotopic (exact) mass is 220 g/mol. The van der Waals surface area contributed by atoms with Gasteiger partial charge in [-0.25, -0.2) is 0 Å². The van der Waals surface area contributed by atoms with Crippen LogP contribution >= 0.6 is 34.8 Å². The molecule has 0 aromatic rings. The second kappa shape index (κ2) is 8.92. The van der Waals surface area contributed by atoms with Crippen LogP contribution in [0.25, 0.3) is 0 Å². The Kier molecular flexibility index (Phi) is 11.6. The average molecular weight is 222 g/mol. The summed E-state index contributed by atoms with van der Waals surface area (Å²) in [5.74, 6) is 0. The highest BCUT2D eigenvalue weighted by molar-refractivity contribution is 6.63. The second-order valence-electron chi connectivity index (χ2n) is 2.48. The van der Waals surface area contributed by atoms with Crippen molar-refractivity contribution in [2.75, 3.05) is 0 Å². The maximum absolute atomic E-state index is 5.25. The van der Waals surface area contributed by atoms with Crippen LogP contribution in [0.15, 0.2) is 0 Å². The molecule has 0 aliphatic rings. The molecule has 0 spiro atoms. The van der Waals surface area contributed by atoms with Crippen LogP contribution in [-0.4, -0.2) is 16.5 Å². The van der Waals surface area contributed by atoms with Gasteiger partial charge >= 0.3 is 0 Å². The normalized spacial score (nSPS) is 10.4. The first-order valence-corrected chi connectivity index (χ1v) is 4.74. The zero-order chi connectivity index (χ0) is 9.44. The van der Waals surface area contributed by atoms with Gasteiger partial charge in [0.15, 0.2) is 4.30 Å². The zero-order valence-electron chi connectivity index (χ0n) is 7.27. The van der Waals surface area contributed by atoms with E-state index >= 15 is 0 Å². The highest BCUT2D eigenvalue weighted by atomic mass is 35.6. The molecular weight excluding hydrogens is 206 g/mol. The third-order valence-electron chi connectivity index (χ3n) is 0.544. The third kappa shape index (κ3) is 36.2. The van der Waals surface area contributed by atoms with Crippen LogP contribution in [0, 0.1) is 0 Å². The van der Waals surface area contributed by atoms with Gasteiger partial charge in [0, 0.05) is 0 Å². The summed E-state index contributed by atoms with van der Waals surface area (Å²) in [6, 6.07) is 0. The number of halogens is 3. The summed E-state index contributed by atoms with van der Waals surface area (Å²) in [5, 5.41) is 0. The van der Waals surface area contributed by atoms with E-state index < -0.39 is 4.30 Å². The molecule has 0 rings (SSSR count). The molecule has 0 atom stereocenters. The molecule has 0 saturated carbocycles. The number of hydrogen-bond donors (Lipinski definition) is 0. The molecule has 0 fully saturated rings. The van der Waals surface area contributed by atoms with E-state index in [1.165, 1.54) is 0 Å². The quantitative estimate of drug-likeness (QED) is 0.645. The molecule has 0 radical (unpaired) electrons. The summed E-state index contributed by atoms with van der Waals surface area (Å²) in [6.45, 7) is 8.17. The Morgan fingerprint density at radius 2 is 1.00 bits per heavy atom. The van der Waals surface area contributed by atoms with Crippen LogP contribution in [0.2, 0.25) is 0 Å². The highest BCUT2D eigenvalue weighted by Gasteiger charge is 1.94. The van der Waals surface area contributed by atoms with E-state index in [-0.39, 0.29) is 0 Å². The van der Waals surface area contributed by atoms with Crippen molar-refractivity contribution >= 4 is 34.8 Å². The Labute approximate surface area is 84.0 Å². The molecular formula is C7H15Cl3O. The van der Waals surface area contributed by atoms with E-state index in [1.807, 2.05) is 27.7 Å². The molecule has 0 amide bonds. The van der Waals surface area contributed by atoms with Crippen molar-refractivity contribution in [2.24, 2.45) is 0 Å². The fourth-order valence-corrected chi connectivity index (χ4v) is 0.544. The van der Waals surface area contributed by atoms with Crippen molar-refractivity contribution in [3.63, 3.8) is 0 Å². The first-order chi connectivity index (χ1) is 4.86. The lowest BCUT2D eigenvalue weighted by molar-refractivity contribution is 0.0300. The van der Waals surface area contributed by atoms with Crippen LogP contribution in [0.3, 0.4) is 0 Å². The van der Waals surface area contributed by atoms with E-state index in [9.17, 15) is 0 Å². The lowest BCUT2D eigenvalue weighted by Gasteiger charge is -2.09. The van der Waals surface area contributed by atoms with Gasteiger partial charge in [0.05, 0.1) is 12.2 Å². The number of ether oxygens (including phenoxy) is 1. The minimum Gasteiger partial charge on any atom is -0.376 e. The maximum atomic E-state index is 5.25. The number of rotatable bonds is 2. The predicted octanol–water partition coefficient (Wildman–Crippen LogP) is 3.81. The third-order valence-corrected chi connectivity index (χ3v) is 0.544.